The number of nitriles is 1. The summed E-state index contributed by atoms with van der Waals surface area (Å²) in [7, 11) is 2.04. The number of likely N-dealkylation sites (N-methyl/N-ethyl adjacent to an activating group) is 1. The molecule has 3 fully saturated rings. The lowest BCUT2D eigenvalue weighted by Crippen LogP contribution is -2.55. The first-order valence-electron chi connectivity index (χ1n) is 13.1. The van der Waals surface area contributed by atoms with E-state index in [1.807, 2.05) is 7.05 Å². The Labute approximate surface area is 239 Å². The van der Waals surface area contributed by atoms with Crippen LogP contribution < -0.4 is 15.1 Å². The highest BCUT2D eigenvalue weighted by atomic mass is 32.1. The summed E-state index contributed by atoms with van der Waals surface area (Å²) in [5.41, 5.74) is -4.08. The summed E-state index contributed by atoms with van der Waals surface area (Å²) in [6.07, 6.45) is -2.73. The van der Waals surface area contributed by atoms with Crippen molar-refractivity contribution in [1.82, 2.24) is 20.1 Å². The summed E-state index contributed by atoms with van der Waals surface area (Å²) in [4.78, 5) is 36.8. The molecule has 2 aliphatic heterocycles. The van der Waals surface area contributed by atoms with Crippen LogP contribution in [0.5, 0.6) is 0 Å². The molecule has 1 spiro atoms. The maximum atomic E-state index is 15.9. The predicted octanol–water partition coefficient (Wildman–Crippen LogP) is 3.15. The molecule has 1 aromatic heterocycles. The van der Waals surface area contributed by atoms with Gasteiger partial charge in [-0.15, -0.1) is 0 Å². The number of benzene rings is 1. The van der Waals surface area contributed by atoms with Crippen molar-refractivity contribution in [3.05, 3.63) is 53.1 Å². The summed E-state index contributed by atoms with van der Waals surface area (Å²) >= 11 is 5.55. The van der Waals surface area contributed by atoms with Gasteiger partial charge in [-0.3, -0.25) is 19.4 Å². The Balaban J connectivity index is 1.41. The van der Waals surface area contributed by atoms with Crippen molar-refractivity contribution in [2.75, 3.05) is 56.1 Å². The number of rotatable bonds is 6. The average molecular weight is 590 g/mol. The zero-order valence-electron chi connectivity index (χ0n) is 22.2. The number of aromatic nitrogens is 1. The standard InChI is InChI=1S/C27H27F4N7O2S/c1-35-10-12-36(13-11-35)9-8-33-23(39)18-4-2-5-21(22(18)28)38-25(41)37(24(40)26(38)6-3-7-26)17-14-19(27(29,30)31)20(15-32)34-16-17/h2,4-5,14,16H,3,6-13H2,1H3,(H,33,39). The van der Waals surface area contributed by atoms with Crippen LogP contribution in [0.1, 0.15) is 40.9 Å². The first-order chi connectivity index (χ1) is 19.5. The van der Waals surface area contributed by atoms with E-state index in [4.69, 9.17) is 17.5 Å². The number of anilines is 2. The molecule has 1 aromatic carbocycles. The number of hydrogen-bond donors (Lipinski definition) is 1. The van der Waals surface area contributed by atoms with Gasteiger partial charge in [0, 0.05) is 39.3 Å². The van der Waals surface area contributed by atoms with Crippen LogP contribution in [0.15, 0.2) is 30.5 Å². The number of amides is 2. The molecule has 41 heavy (non-hydrogen) atoms. The van der Waals surface area contributed by atoms with Crippen molar-refractivity contribution in [2.45, 2.75) is 31.0 Å². The van der Waals surface area contributed by atoms with Crippen molar-refractivity contribution < 1.29 is 27.2 Å². The van der Waals surface area contributed by atoms with E-state index in [-0.39, 0.29) is 22.1 Å². The Morgan fingerprint density at radius 2 is 1.93 bits per heavy atom. The summed E-state index contributed by atoms with van der Waals surface area (Å²) in [6.45, 7) is 4.52. The first kappa shape index (κ1) is 28.8. The smallest absolute Gasteiger partial charge is 0.351 e. The molecule has 0 radical (unpaired) electrons. The fourth-order valence-corrected chi connectivity index (χ4v) is 5.89. The highest BCUT2D eigenvalue weighted by molar-refractivity contribution is 7.81. The van der Waals surface area contributed by atoms with Crippen molar-refractivity contribution in [3.8, 4) is 6.07 Å². The summed E-state index contributed by atoms with van der Waals surface area (Å²) in [5.74, 6) is -2.13. The number of carbonyl (C=O) groups excluding carboxylic acids is 2. The van der Waals surface area contributed by atoms with Crippen LogP contribution in [-0.4, -0.2) is 83.6 Å². The normalized spacial score (nSPS) is 19.4. The van der Waals surface area contributed by atoms with Gasteiger partial charge >= 0.3 is 6.18 Å². The lowest BCUT2D eigenvalue weighted by Gasteiger charge is -2.43. The zero-order chi connectivity index (χ0) is 29.5. The third-order valence-electron chi connectivity index (χ3n) is 7.91. The average Bonchev–Trinajstić information content (AvgIpc) is 3.15. The molecule has 1 saturated carbocycles. The lowest BCUT2D eigenvalue weighted by molar-refractivity contribution is -0.138. The van der Waals surface area contributed by atoms with E-state index in [1.165, 1.54) is 29.2 Å². The van der Waals surface area contributed by atoms with Crippen LogP contribution in [0.2, 0.25) is 0 Å². The number of carbonyl (C=O) groups is 2. The third-order valence-corrected chi connectivity index (χ3v) is 8.27. The molecule has 3 heterocycles. The van der Waals surface area contributed by atoms with E-state index in [2.05, 4.69) is 20.1 Å². The van der Waals surface area contributed by atoms with Gasteiger partial charge in [0.05, 0.1) is 28.7 Å². The minimum Gasteiger partial charge on any atom is -0.351 e. The third kappa shape index (κ3) is 5.13. The molecule has 1 aliphatic carbocycles. The molecule has 2 amide bonds. The Kier molecular flexibility index (Phi) is 7.71. The number of piperazine rings is 1. The lowest BCUT2D eigenvalue weighted by atomic mass is 9.75. The van der Waals surface area contributed by atoms with Crippen molar-refractivity contribution in [1.29, 1.82) is 5.26 Å². The van der Waals surface area contributed by atoms with Gasteiger partial charge in [0.25, 0.3) is 11.8 Å². The Morgan fingerprint density at radius 3 is 2.54 bits per heavy atom. The van der Waals surface area contributed by atoms with Crippen molar-refractivity contribution in [3.63, 3.8) is 0 Å². The van der Waals surface area contributed by atoms with E-state index in [0.717, 1.165) is 37.3 Å². The van der Waals surface area contributed by atoms with Crippen LogP contribution in [0.25, 0.3) is 0 Å². The number of halogens is 4. The number of hydrogen-bond acceptors (Lipinski definition) is 7. The molecule has 2 aromatic rings. The van der Waals surface area contributed by atoms with Crippen LogP contribution >= 0.6 is 12.2 Å². The quantitative estimate of drug-likeness (QED) is 0.406. The van der Waals surface area contributed by atoms with E-state index < -0.39 is 40.6 Å². The van der Waals surface area contributed by atoms with Crippen LogP contribution in [0.3, 0.4) is 0 Å². The highest BCUT2D eigenvalue weighted by Gasteiger charge is 2.60. The molecule has 14 heteroatoms. The second kappa shape index (κ2) is 11.0. The monoisotopic (exact) mass is 589 g/mol. The molecule has 9 nitrogen and oxygen atoms in total. The van der Waals surface area contributed by atoms with Gasteiger partial charge in [0.1, 0.15) is 11.6 Å². The minimum atomic E-state index is -4.90. The molecule has 3 aliphatic rings. The molecule has 0 bridgehead atoms. The molecule has 1 N–H and O–H groups in total. The highest BCUT2D eigenvalue weighted by Crippen LogP contribution is 2.49. The second-order valence-electron chi connectivity index (χ2n) is 10.4. The Morgan fingerprint density at radius 1 is 1.22 bits per heavy atom. The fourth-order valence-electron chi connectivity index (χ4n) is 5.43. The summed E-state index contributed by atoms with van der Waals surface area (Å²) in [5, 5.41) is 11.6. The maximum absolute atomic E-state index is 15.9. The number of nitrogens with one attached hydrogen (secondary N) is 1. The number of nitrogens with zero attached hydrogens (tertiary/aromatic N) is 6. The number of pyridine rings is 1. The number of thiocarbonyl (C=S) groups is 1. The molecular formula is C27H27F4N7O2S. The van der Waals surface area contributed by atoms with Gasteiger partial charge in [-0.25, -0.2) is 9.37 Å². The molecular weight excluding hydrogens is 562 g/mol. The number of alkyl halides is 3. The molecule has 2 saturated heterocycles. The van der Waals surface area contributed by atoms with E-state index in [9.17, 15) is 22.8 Å². The van der Waals surface area contributed by atoms with Gasteiger partial charge in [-0.1, -0.05) is 6.07 Å². The topological polar surface area (TPSA) is 95.8 Å². The second-order valence-corrected chi connectivity index (χ2v) is 10.7. The van der Waals surface area contributed by atoms with Crippen LogP contribution in [-0.2, 0) is 11.0 Å². The maximum Gasteiger partial charge on any atom is 0.419 e. The van der Waals surface area contributed by atoms with Crippen molar-refractivity contribution in [2.24, 2.45) is 0 Å². The largest absolute Gasteiger partial charge is 0.419 e. The fraction of sp³-hybridized carbons (Fsp3) is 0.444. The van der Waals surface area contributed by atoms with Crippen LogP contribution in [0, 0.1) is 17.1 Å². The molecule has 216 valence electrons. The van der Waals surface area contributed by atoms with E-state index >= 15 is 4.39 Å². The van der Waals surface area contributed by atoms with Gasteiger partial charge in [-0.2, -0.15) is 18.4 Å². The van der Waals surface area contributed by atoms with E-state index in [1.54, 1.807) is 0 Å². The molecule has 5 rings (SSSR count). The Hall–Kier alpha value is -3.67. The van der Waals surface area contributed by atoms with Gasteiger partial charge in [0.15, 0.2) is 16.6 Å². The SMILES string of the molecule is CN1CCN(CCNC(=O)c2cccc(N3C(=S)N(c4cnc(C#N)c(C(F)(F)F)c4)C(=O)C34CCC4)c2F)CC1. The molecule has 0 unspecified atom stereocenters. The van der Waals surface area contributed by atoms with E-state index in [0.29, 0.717) is 38.4 Å². The minimum absolute atomic E-state index is 0.116. The summed E-state index contributed by atoms with van der Waals surface area (Å²) < 4.78 is 56.8. The van der Waals surface area contributed by atoms with Gasteiger partial charge in [0.2, 0.25) is 0 Å². The Bertz CT molecular complexity index is 1430. The zero-order valence-corrected chi connectivity index (χ0v) is 23.0. The predicted molar refractivity (Wildman–Crippen MR) is 146 cm³/mol. The van der Waals surface area contributed by atoms with Crippen LogP contribution in [0.4, 0.5) is 28.9 Å². The molecule has 0 atom stereocenters. The van der Waals surface area contributed by atoms with Gasteiger partial charge in [-0.05, 0) is 56.7 Å². The van der Waals surface area contributed by atoms with Crippen molar-refractivity contribution >= 4 is 40.5 Å². The first-order valence-corrected chi connectivity index (χ1v) is 13.5. The summed E-state index contributed by atoms with van der Waals surface area (Å²) in [6, 6.07) is 6.24. The van der Waals surface area contributed by atoms with Gasteiger partial charge < -0.3 is 15.1 Å².